The average molecular weight is 369 g/mol. The second-order valence-electron chi connectivity index (χ2n) is 7.28. The zero-order chi connectivity index (χ0) is 18.9. The van der Waals surface area contributed by atoms with Gasteiger partial charge in [-0.1, -0.05) is 55.1 Å². The maximum atomic E-state index is 13.7. The van der Waals surface area contributed by atoms with Gasteiger partial charge in [-0.15, -0.1) is 0 Å². The van der Waals surface area contributed by atoms with Crippen molar-refractivity contribution in [3.05, 3.63) is 59.7 Å². The average Bonchev–Trinajstić information content (AvgIpc) is 2.93. The normalized spacial score (nSPS) is 18.7. The predicted molar refractivity (Wildman–Crippen MR) is 111 cm³/mol. The summed E-state index contributed by atoms with van der Waals surface area (Å²) in [5.41, 5.74) is 2.62. The number of hydrogen-bond acceptors (Lipinski definition) is 4. The minimum absolute atomic E-state index is 0.203. The molecule has 0 aliphatic carbocycles. The van der Waals surface area contributed by atoms with Gasteiger partial charge < -0.3 is 4.90 Å². The highest BCUT2D eigenvalue weighted by Gasteiger charge is 2.40. The highest BCUT2D eigenvalue weighted by Crippen LogP contribution is 2.43. The van der Waals surface area contributed by atoms with Crippen LogP contribution < -0.4 is 4.90 Å². The van der Waals surface area contributed by atoms with E-state index in [4.69, 9.17) is 0 Å². The largest absolute Gasteiger partial charge is 0.362 e. The van der Waals surface area contributed by atoms with Gasteiger partial charge in [-0.3, -0.25) is 9.69 Å². The molecule has 0 saturated heterocycles. The molecule has 1 aliphatic heterocycles. The Morgan fingerprint density at radius 1 is 1.19 bits per heavy atom. The van der Waals surface area contributed by atoms with Gasteiger partial charge in [0.25, 0.3) is 0 Å². The van der Waals surface area contributed by atoms with Gasteiger partial charge in [-0.05, 0) is 51.6 Å². The molecular formula is C22H28N2OS. The number of carbonyl (C=O) groups is 1. The van der Waals surface area contributed by atoms with E-state index in [0.29, 0.717) is 11.8 Å². The number of hydrogen-bond donors (Lipinski definition) is 0. The Labute approximate surface area is 161 Å². The van der Waals surface area contributed by atoms with E-state index in [1.807, 2.05) is 50.1 Å². The Balaban J connectivity index is 1.99. The monoisotopic (exact) mass is 368 g/mol. The van der Waals surface area contributed by atoms with Crippen LogP contribution in [0.1, 0.15) is 36.2 Å². The lowest BCUT2D eigenvalue weighted by Crippen LogP contribution is -2.52. The summed E-state index contributed by atoms with van der Waals surface area (Å²) in [6.45, 7) is 4.30. The van der Waals surface area contributed by atoms with Gasteiger partial charge in [0.15, 0.2) is 5.78 Å². The molecule has 0 N–H and O–H groups in total. The van der Waals surface area contributed by atoms with E-state index in [1.165, 1.54) is 10.5 Å². The quantitative estimate of drug-likeness (QED) is 0.689. The molecule has 0 radical (unpaired) electrons. The van der Waals surface area contributed by atoms with E-state index in [2.05, 4.69) is 55.0 Å². The summed E-state index contributed by atoms with van der Waals surface area (Å²) in [6.07, 6.45) is 1.49. The van der Waals surface area contributed by atoms with Crippen molar-refractivity contribution >= 4 is 23.2 Å². The van der Waals surface area contributed by atoms with Crippen LogP contribution in [0.3, 0.4) is 0 Å². The molecule has 3 nitrogen and oxygen atoms in total. The number of thioether (sulfide) groups is 1. The van der Waals surface area contributed by atoms with Crippen molar-refractivity contribution in [1.29, 1.82) is 0 Å². The molecule has 3 rings (SSSR count). The summed E-state index contributed by atoms with van der Waals surface area (Å²) < 4.78 is 0. The van der Waals surface area contributed by atoms with Crippen LogP contribution in [0.4, 0.5) is 5.69 Å². The number of carbonyl (C=O) groups excluding carboxylic acids is 1. The van der Waals surface area contributed by atoms with Crippen molar-refractivity contribution in [3.8, 4) is 0 Å². The molecule has 2 aromatic rings. The second-order valence-corrected chi connectivity index (χ2v) is 8.64. The van der Waals surface area contributed by atoms with Gasteiger partial charge in [-0.2, -0.15) is 0 Å². The summed E-state index contributed by atoms with van der Waals surface area (Å²) in [5, 5.41) is 0.407. The third-order valence-electron chi connectivity index (χ3n) is 5.65. The van der Waals surface area contributed by atoms with Crippen molar-refractivity contribution in [2.75, 3.05) is 26.0 Å². The minimum Gasteiger partial charge on any atom is -0.362 e. The van der Waals surface area contributed by atoms with Crippen LogP contribution >= 0.6 is 11.8 Å². The zero-order valence-corrected chi connectivity index (χ0v) is 17.1. The highest BCUT2D eigenvalue weighted by molar-refractivity contribution is 8.00. The van der Waals surface area contributed by atoms with E-state index in [0.717, 1.165) is 17.7 Å². The topological polar surface area (TPSA) is 23.6 Å². The first kappa shape index (κ1) is 19.0. The van der Waals surface area contributed by atoms with Gasteiger partial charge in [0.2, 0.25) is 0 Å². The lowest BCUT2D eigenvalue weighted by molar-refractivity contribution is 0.0666. The van der Waals surface area contributed by atoms with Crippen molar-refractivity contribution in [2.24, 2.45) is 0 Å². The van der Waals surface area contributed by atoms with Crippen LogP contribution in [0.2, 0.25) is 0 Å². The van der Waals surface area contributed by atoms with E-state index in [-0.39, 0.29) is 5.78 Å². The van der Waals surface area contributed by atoms with Gasteiger partial charge in [0.1, 0.15) is 0 Å². The maximum absolute atomic E-state index is 13.7. The lowest BCUT2D eigenvalue weighted by Gasteiger charge is -2.38. The molecule has 0 saturated carbocycles. The molecule has 1 heterocycles. The summed E-state index contributed by atoms with van der Waals surface area (Å²) in [5.74, 6) is 0.203. The Morgan fingerprint density at radius 2 is 1.88 bits per heavy atom. The molecule has 1 aliphatic rings. The maximum Gasteiger partial charge on any atom is 0.183 e. The molecule has 0 amide bonds. The first-order chi connectivity index (χ1) is 12.4. The van der Waals surface area contributed by atoms with Crippen molar-refractivity contribution < 1.29 is 4.79 Å². The minimum atomic E-state index is -0.536. The predicted octanol–water partition coefficient (Wildman–Crippen LogP) is 4.71. The first-order valence-electron chi connectivity index (χ1n) is 9.18. The summed E-state index contributed by atoms with van der Waals surface area (Å²) in [6, 6.07) is 16.5. The second kappa shape index (κ2) is 7.45. The SMILES string of the molecule is CCC(Cc1ccccc1)(C(=O)c1ccc2c(c1)N(C)C(C)S2)N(C)C. The van der Waals surface area contributed by atoms with Gasteiger partial charge >= 0.3 is 0 Å². The fraction of sp³-hybridized carbons (Fsp3) is 0.409. The van der Waals surface area contributed by atoms with Gasteiger partial charge in [0, 0.05) is 17.5 Å². The zero-order valence-electron chi connectivity index (χ0n) is 16.3. The fourth-order valence-corrected chi connectivity index (χ4v) is 4.85. The summed E-state index contributed by atoms with van der Waals surface area (Å²) in [4.78, 5) is 19.3. The Kier molecular flexibility index (Phi) is 5.44. The van der Waals surface area contributed by atoms with E-state index >= 15 is 0 Å². The molecule has 26 heavy (non-hydrogen) atoms. The van der Waals surface area contributed by atoms with Crippen molar-refractivity contribution in [1.82, 2.24) is 4.90 Å². The van der Waals surface area contributed by atoms with Crippen LogP contribution in [0.15, 0.2) is 53.4 Å². The molecule has 0 spiro atoms. The molecule has 2 aromatic carbocycles. The number of anilines is 1. The number of ketones is 1. The molecule has 0 bridgehead atoms. The molecule has 0 fully saturated rings. The molecular weight excluding hydrogens is 340 g/mol. The van der Waals surface area contributed by atoms with E-state index < -0.39 is 5.54 Å². The lowest BCUT2D eigenvalue weighted by atomic mass is 9.80. The van der Waals surface area contributed by atoms with Crippen LogP contribution in [0.5, 0.6) is 0 Å². The van der Waals surface area contributed by atoms with Gasteiger partial charge in [0.05, 0.1) is 16.6 Å². The molecule has 2 unspecified atom stereocenters. The number of nitrogens with zero attached hydrogens (tertiary/aromatic N) is 2. The number of benzene rings is 2. The Bertz CT molecular complexity index is 790. The number of rotatable bonds is 6. The number of Topliss-reactive ketones (excluding diaryl/α,β-unsaturated/α-hetero) is 1. The molecule has 138 valence electrons. The van der Waals surface area contributed by atoms with Crippen LogP contribution in [-0.2, 0) is 6.42 Å². The van der Waals surface area contributed by atoms with E-state index in [9.17, 15) is 4.79 Å². The van der Waals surface area contributed by atoms with Crippen LogP contribution in [0.25, 0.3) is 0 Å². The van der Waals surface area contributed by atoms with Crippen molar-refractivity contribution in [3.63, 3.8) is 0 Å². The smallest absolute Gasteiger partial charge is 0.183 e. The Hall–Kier alpha value is -1.78. The van der Waals surface area contributed by atoms with Crippen molar-refractivity contribution in [2.45, 2.75) is 42.5 Å². The number of likely N-dealkylation sites (N-methyl/N-ethyl adjacent to an activating group) is 1. The Morgan fingerprint density at radius 3 is 2.50 bits per heavy atom. The van der Waals surface area contributed by atoms with Crippen LogP contribution in [0, 0.1) is 0 Å². The molecule has 4 heteroatoms. The standard InChI is InChI=1S/C22H28N2OS/c1-6-22(23(3)4,15-17-10-8-7-9-11-17)21(25)18-12-13-20-19(14-18)24(5)16(2)26-20/h7-14,16H,6,15H2,1-5H3. The summed E-state index contributed by atoms with van der Waals surface area (Å²) >= 11 is 1.85. The third kappa shape index (κ3) is 3.28. The third-order valence-corrected chi connectivity index (χ3v) is 6.90. The first-order valence-corrected chi connectivity index (χ1v) is 10.1. The molecule has 2 atom stereocenters. The fourth-order valence-electron chi connectivity index (χ4n) is 3.74. The highest BCUT2D eigenvalue weighted by atomic mass is 32.2. The van der Waals surface area contributed by atoms with E-state index in [1.54, 1.807) is 0 Å². The van der Waals surface area contributed by atoms with Gasteiger partial charge in [-0.25, -0.2) is 0 Å². The number of fused-ring (bicyclic) bond motifs is 1. The summed E-state index contributed by atoms with van der Waals surface area (Å²) in [7, 11) is 6.13. The molecule has 0 aromatic heterocycles. The van der Waals surface area contributed by atoms with Crippen LogP contribution in [-0.4, -0.2) is 42.7 Å².